The first-order valence-electron chi connectivity index (χ1n) is 6.93. The summed E-state index contributed by atoms with van der Waals surface area (Å²) in [5.41, 5.74) is 3.67. The molecule has 0 aliphatic rings. The Hall–Kier alpha value is -1.19. The van der Waals surface area contributed by atoms with E-state index in [9.17, 15) is 0 Å². The van der Waals surface area contributed by atoms with Crippen LogP contribution in [-0.2, 0) is 13.0 Å². The van der Waals surface area contributed by atoms with Crippen LogP contribution in [0.4, 0.5) is 0 Å². The Morgan fingerprint density at radius 3 is 2.64 bits per heavy atom. The smallest absolute Gasteiger partial charge is 0.0595 e. The monoisotopic (exact) mass is 354 g/mol. The molecule has 1 aromatic heterocycles. The van der Waals surface area contributed by atoms with Gasteiger partial charge in [0.2, 0.25) is 0 Å². The molecule has 0 aliphatic carbocycles. The molecule has 22 heavy (non-hydrogen) atoms. The Balaban J connectivity index is 0.00000176. The van der Waals surface area contributed by atoms with E-state index in [0.717, 1.165) is 25.1 Å². The van der Waals surface area contributed by atoms with Crippen LogP contribution in [0.25, 0.3) is 10.9 Å². The van der Waals surface area contributed by atoms with Crippen LogP contribution in [0.3, 0.4) is 0 Å². The number of benzene rings is 2. The van der Waals surface area contributed by atoms with Gasteiger partial charge < -0.3 is 10.3 Å². The molecular formula is C17H17Cl3N2. The predicted octanol–water partition coefficient (Wildman–Crippen LogP) is 5.23. The molecular weight excluding hydrogens is 339 g/mol. The van der Waals surface area contributed by atoms with Gasteiger partial charge in [-0.05, 0) is 42.3 Å². The van der Waals surface area contributed by atoms with Gasteiger partial charge in [-0.25, -0.2) is 0 Å². The molecule has 0 radical (unpaired) electrons. The lowest BCUT2D eigenvalue weighted by Crippen LogP contribution is -2.16. The molecule has 0 amide bonds. The lowest BCUT2D eigenvalue weighted by atomic mass is 10.1. The van der Waals surface area contributed by atoms with E-state index in [4.69, 9.17) is 23.2 Å². The summed E-state index contributed by atoms with van der Waals surface area (Å²) in [6.45, 7) is 1.71. The van der Waals surface area contributed by atoms with Crippen molar-refractivity contribution < 1.29 is 0 Å². The van der Waals surface area contributed by atoms with Gasteiger partial charge >= 0.3 is 0 Å². The normalized spacial score (nSPS) is 10.6. The summed E-state index contributed by atoms with van der Waals surface area (Å²) in [6.07, 6.45) is 3.08. The molecule has 3 rings (SSSR count). The number of aromatic amines is 1. The van der Waals surface area contributed by atoms with Gasteiger partial charge in [-0.3, -0.25) is 0 Å². The molecule has 5 heteroatoms. The molecule has 116 valence electrons. The van der Waals surface area contributed by atoms with Crippen molar-refractivity contribution in [2.75, 3.05) is 6.54 Å². The van der Waals surface area contributed by atoms with Crippen LogP contribution < -0.4 is 5.32 Å². The second kappa shape index (κ2) is 7.89. The maximum Gasteiger partial charge on any atom is 0.0595 e. The van der Waals surface area contributed by atoms with Crippen molar-refractivity contribution in [1.82, 2.24) is 10.3 Å². The lowest BCUT2D eigenvalue weighted by Gasteiger charge is -2.06. The van der Waals surface area contributed by atoms with E-state index in [0.29, 0.717) is 10.0 Å². The maximum atomic E-state index is 6.01. The molecule has 3 aromatic rings. The van der Waals surface area contributed by atoms with Crippen LogP contribution >= 0.6 is 35.6 Å². The minimum absolute atomic E-state index is 0. The average Bonchev–Trinajstić information content (AvgIpc) is 2.91. The molecule has 0 saturated heterocycles. The first kappa shape index (κ1) is 17.2. The highest BCUT2D eigenvalue weighted by molar-refractivity contribution is 6.42. The van der Waals surface area contributed by atoms with Crippen molar-refractivity contribution in [1.29, 1.82) is 0 Å². The topological polar surface area (TPSA) is 27.8 Å². The quantitative estimate of drug-likeness (QED) is 0.603. The summed E-state index contributed by atoms with van der Waals surface area (Å²) in [5, 5.41) is 5.94. The van der Waals surface area contributed by atoms with E-state index >= 15 is 0 Å². The SMILES string of the molecule is Cl.Clc1ccc(CNCCc2c[nH]c3ccccc23)cc1Cl. The van der Waals surface area contributed by atoms with E-state index < -0.39 is 0 Å². The number of hydrogen-bond acceptors (Lipinski definition) is 1. The lowest BCUT2D eigenvalue weighted by molar-refractivity contribution is 0.688. The first-order valence-corrected chi connectivity index (χ1v) is 7.69. The van der Waals surface area contributed by atoms with Crippen molar-refractivity contribution in [2.24, 2.45) is 0 Å². The van der Waals surface area contributed by atoms with Gasteiger partial charge in [0.1, 0.15) is 0 Å². The summed E-state index contributed by atoms with van der Waals surface area (Å²) in [7, 11) is 0. The number of para-hydroxylation sites is 1. The van der Waals surface area contributed by atoms with Gasteiger partial charge in [0.05, 0.1) is 10.0 Å². The zero-order chi connectivity index (χ0) is 14.7. The molecule has 1 heterocycles. The number of aromatic nitrogens is 1. The highest BCUT2D eigenvalue weighted by Gasteiger charge is 2.03. The van der Waals surface area contributed by atoms with Gasteiger partial charge in [0.15, 0.2) is 0 Å². The summed E-state index contributed by atoms with van der Waals surface area (Å²) < 4.78 is 0. The number of rotatable bonds is 5. The minimum atomic E-state index is 0. The van der Waals surface area contributed by atoms with Gasteiger partial charge in [-0.1, -0.05) is 47.5 Å². The Labute approximate surface area is 146 Å². The Morgan fingerprint density at radius 1 is 1.00 bits per heavy atom. The largest absolute Gasteiger partial charge is 0.361 e. The Morgan fingerprint density at radius 2 is 1.82 bits per heavy atom. The molecule has 2 aromatic carbocycles. The molecule has 0 saturated carbocycles. The molecule has 0 atom stereocenters. The third-order valence-electron chi connectivity index (χ3n) is 3.56. The maximum absolute atomic E-state index is 6.01. The average molecular weight is 356 g/mol. The van der Waals surface area contributed by atoms with Crippen LogP contribution in [0.15, 0.2) is 48.7 Å². The van der Waals surface area contributed by atoms with E-state index in [-0.39, 0.29) is 12.4 Å². The minimum Gasteiger partial charge on any atom is -0.361 e. The number of fused-ring (bicyclic) bond motifs is 1. The van der Waals surface area contributed by atoms with Gasteiger partial charge in [0.25, 0.3) is 0 Å². The molecule has 0 aliphatic heterocycles. The summed E-state index contributed by atoms with van der Waals surface area (Å²) in [4.78, 5) is 3.30. The van der Waals surface area contributed by atoms with Gasteiger partial charge in [-0.2, -0.15) is 0 Å². The zero-order valence-electron chi connectivity index (χ0n) is 11.9. The van der Waals surface area contributed by atoms with Gasteiger partial charge in [-0.15, -0.1) is 12.4 Å². The van der Waals surface area contributed by atoms with Crippen molar-refractivity contribution in [2.45, 2.75) is 13.0 Å². The third kappa shape index (κ3) is 3.96. The van der Waals surface area contributed by atoms with Crippen LogP contribution in [0.5, 0.6) is 0 Å². The van der Waals surface area contributed by atoms with Crippen LogP contribution in [-0.4, -0.2) is 11.5 Å². The van der Waals surface area contributed by atoms with Crippen LogP contribution in [0, 0.1) is 0 Å². The fraction of sp³-hybridized carbons (Fsp3) is 0.176. The van der Waals surface area contributed by atoms with Crippen molar-refractivity contribution in [3.8, 4) is 0 Å². The molecule has 2 nitrogen and oxygen atoms in total. The molecule has 0 bridgehead atoms. The van der Waals surface area contributed by atoms with E-state index in [1.54, 1.807) is 0 Å². The number of nitrogens with one attached hydrogen (secondary N) is 2. The number of hydrogen-bond donors (Lipinski definition) is 2. The Bertz CT molecular complexity index is 752. The van der Waals surface area contributed by atoms with Gasteiger partial charge in [0, 0.05) is 23.6 Å². The molecule has 0 spiro atoms. The van der Waals surface area contributed by atoms with Crippen molar-refractivity contribution >= 4 is 46.5 Å². The fourth-order valence-corrected chi connectivity index (χ4v) is 2.76. The summed E-state index contributed by atoms with van der Waals surface area (Å²) in [5.74, 6) is 0. The second-order valence-corrected chi connectivity index (χ2v) is 5.85. The van der Waals surface area contributed by atoms with Crippen molar-refractivity contribution in [3.05, 3.63) is 69.8 Å². The van der Waals surface area contributed by atoms with Crippen LogP contribution in [0.2, 0.25) is 10.0 Å². The third-order valence-corrected chi connectivity index (χ3v) is 4.30. The van der Waals surface area contributed by atoms with E-state index in [1.165, 1.54) is 16.5 Å². The number of H-pyrrole nitrogens is 1. The molecule has 2 N–H and O–H groups in total. The second-order valence-electron chi connectivity index (χ2n) is 5.03. The standard InChI is InChI=1S/C17H16Cl2N2.ClH/c18-15-6-5-12(9-16(15)19)10-20-8-7-13-11-21-17-4-2-1-3-14(13)17;/h1-6,9,11,20-21H,7-8,10H2;1H. The van der Waals surface area contributed by atoms with Crippen molar-refractivity contribution in [3.63, 3.8) is 0 Å². The Kier molecular flexibility index (Phi) is 6.16. The fourth-order valence-electron chi connectivity index (χ4n) is 2.44. The first-order chi connectivity index (χ1) is 10.2. The molecule has 0 fully saturated rings. The number of halogens is 3. The highest BCUT2D eigenvalue weighted by atomic mass is 35.5. The van der Waals surface area contributed by atoms with E-state index in [2.05, 4.69) is 34.7 Å². The van der Waals surface area contributed by atoms with E-state index in [1.807, 2.05) is 24.3 Å². The predicted molar refractivity (Wildman–Crippen MR) is 97.4 cm³/mol. The van der Waals surface area contributed by atoms with Crippen LogP contribution in [0.1, 0.15) is 11.1 Å². The summed E-state index contributed by atoms with van der Waals surface area (Å²) in [6, 6.07) is 14.1. The molecule has 0 unspecified atom stereocenters. The zero-order valence-corrected chi connectivity index (χ0v) is 14.2. The highest BCUT2D eigenvalue weighted by Crippen LogP contribution is 2.22. The summed E-state index contributed by atoms with van der Waals surface area (Å²) >= 11 is 11.9.